The first-order valence-corrected chi connectivity index (χ1v) is 17.7. The molecule has 34 heavy (non-hydrogen) atoms. The molecule has 1 heterocycles. The van der Waals surface area contributed by atoms with Crippen LogP contribution in [0.2, 0.25) is 23.2 Å². The number of ether oxygens (including phenoxy) is 1. The maximum atomic E-state index is 7.55. The zero-order valence-electron chi connectivity index (χ0n) is 22.6. The summed E-state index contributed by atoms with van der Waals surface area (Å²) in [5.41, 5.74) is -0.222. The van der Waals surface area contributed by atoms with Crippen molar-refractivity contribution in [3.05, 3.63) is 60.7 Å². The molecule has 0 unspecified atom stereocenters. The van der Waals surface area contributed by atoms with Gasteiger partial charge in [-0.25, -0.2) is 0 Å². The first-order valence-electron chi connectivity index (χ1n) is 12.9. The SMILES string of the molecule is CC(C)(C)[Si](C)(C)O[C@H]1C[C@H]2O[C@]2(C)[C@H](O[Si](c2ccccc2)(c2ccccc2)C(C)(C)C)C1. The molecule has 0 aromatic heterocycles. The van der Waals surface area contributed by atoms with Crippen molar-refractivity contribution in [2.75, 3.05) is 0 Å². The molecule has 5 heteroatoms. The molecule has 4 rings (SSSR count). The average molecular weight is 497 g/mol. The fraction of sp³-hybridized carbons (Fsp3) is 0.586. The Morgan fingerprint density at radius 3 is 1.71 bits per heavy atom. The molecule has 3 nitrogen and oxygen atoms in total. The van der Waals surface area contributed by atoms with Crippen LogP contribution in [0.3, 0.4) is 0 Å². The Balaban J connectivity index is 1.74. The van der Waals surface area contributed by atoms with Gasteiger partial charge in [0.15, 0.2) is 8.32 Å². The molecule has 0 spiro atoms. The largest absolute Gasteiger partial charge is 0.414 e. The third-order valence-electron chi connectivity index (χ3n) is 8.57. The van der Waals surface area contributed by atoms with Crippen molar-refractivity contribution in [1.29, 1.82) is 0 Å². The lowest BCUT2D eigenvalue weighted by Gasteiger charge is -2.48. The molecule has 0 N–H and O–H groups in total. The second kappa shape index (κ2) is 8.70. The quantitative estimate of drug-likeness (QED) is 0.349. The first kappa shape index (κ1) is 25.8. The summed E-state index contributed by atoms with van der Waals surface area (Å²) in [6.45, 7) is 20.9. The summed E-state index contributed by atoms with van der Waals surface area (Å²) < 4.78 is 20.8. The maximum Gasteiger partial charge on any atom is 0.261 e. The fourth-order valence-electron chi connectivity index (χ4n) is 5.41. The van der Waals surface area contributed by atoms with Crippen molar-refractivity contribution >= 4 is 27.0 Å². The van der Waals surface area contributed by atoms with Gasteiger partial charge in [-0.1, -0.05) is 102 Å². The highest BCUT2D eigenvalue weighted by Crippen LogP contribution is 2.52. The van der Waals surface area contributed by atoms with Crippen LogP contribution in [-0.2, 0) is 13.6 Å². The second-order valence-corrected chi connectivity index (χ2v) is 22.0. The van der Waals surface area contributed by atoms with Crippen molar-refractivity contribution in [3.8, 4) is 0 Å². The Bertz CT molecular complexity index is 938. The van der Waals surface area contributed by atoms with Gasteiger partial charge in [0.25, 0.3) is 8.32 Å². The summed E-state index contributed by atoms with van der Waals surface area (Å²) in [4.78, 5) is 0. The molecule has 1 saturated heterocycles. The zero-order chi connectivity index (χ0) is 25.0. The standard InChI is InChI=1S/C29H44O3Si2/c1-27(2,3)33(8,9)31-22-20-25-29(7,30-25)26(21-22)32-34(28(4,5)6,23-16-12-10-13-17-23)24-18-14-11-15-19-24/h10-19,22,25-26H,20-21H2,1-9H3/t22-,25+,26+,29-/m0/s1. The van der Waals surface area contributed by atoms with Gasteiger partial charge < -0.3 is 13.6 Å². The molecule has 186 valence electrons. The molecular formula is C29H44O3Si2. The van der Waals surface area contributed by atoms with Crippen molar-refractivity contribution in [2.45, 2.75) is 108 Å². The summed E-state index contributed by atoms with van der Waals surface area (Å²) in [7, 11) is -4.53. The lowest BCUT2D eigenvalue weighted by atomic mass is 9.86. The Labute approximate surface area is 209 Å². The highest BCUT2D eigenvalue weighted by molar-refractivity contribution is 6.99. The fourth-order valence-corrected chi connectivity index (χ4v) is 11.6. The van der Waals surface area contributed by atoms with E-state index in [4.69, 9.17) is 13.6 Å². The van der Waals surface area contributed by atoms with E-state index in [0.717, 1.165) is 12.8 Å². The third-order valence-corrected chi connectivity index (χ3v) is 18.2. The molecule has 2 fully saturated rings. The number of hydrogen-bond acceptors (Lipinski definition) is 3. The van der Waals surface area contributed by atoms with Crippen molar-refractivity contribution in [2.24, 2.45) is 0 Å². The minimum Gasteiger partial charge on any atom is -0.414 e. The predicted molar refractivity (Wildman–Crippen MR) is 147 cm³/mol. The van der Waals surface area contributed by atoms with E-state index in [2.05, 4.69) is 122 Å². The van der Waals surface area contributed by atoms with Crippen molar-refractivity contribution < 1.29 is 13.6 Å². The minimum atomic E-state index is -2.65. The first-order chi connectivity index (χ1) is 15.7. The normalized spacial score (nSPS) is 27.9. The molecule has 0 amide bonds. The molecule has 1 aliphatic carbocycles. The van der Waals surface area contributed by atoms with Gasteiger partial charge in [0.1, 0.15) is 5.60 Å². The van der Waals surface area contributed by atoms with Crippen LogP contribution < -0.4 is 10.4 Å². The summed E-state index contributed by atoms with van der Waals surface area (Å²) >= 11 is 0. The highest BCUT2D eigenvalue weighted by Gasteiger charge is 2.65. The van der Waals surface area contributed by atoms with Gasteiger partial charge in [0.05, 0.1) is 18.3 Å². The van der Waals surface area contributed by atoms with Gasteiger partial charge in [-0.3, -0.25) is 0 Å². The van der Waals surface area contributed by atoms with Crippen LogP contribution in [0.25, 0.3) is 0 Å². The van der Waals surface area contributed by atoms with E-state index >= 15 is 0 Å². The summed E-state index contributed by atoms with van der Waals surface area (Å²) in [6, 6.07) is 21.9. The Hall–Kier alpha value is -1.25. The Morgan fingerprint density at radius 1 is 0.765 bits per heavy atom. The number of rotatable bonds is 6. The van der Waals surface area contributed by atoms with Gasteiger partial charge in [0.2, 0.25) is 0 Å². The molecule has 4 atom stereocenters. The van der Waals surface area contributed by atoms with Crippen molar-refractivity contribution in [1.82, 2.24) is 0 Å². The van der Waals surface area contributed by atoms with Crippen LogP contribution in [0.1, 0.15) is 61.3 Å². The van der Waals surface area contributed by atoms with Gasteiger partial charge in [-0.05, 0) is 40.5 Å². The molecule has 2 aliphatic rings. The van der Waals surface area contributed by atoms with Crippen LogP contribution in [-0.4, -0.2) is 40.5 Å². The second-order valence-electron chi connectivity index (χ2n) is 13.0. The topological polar surface area (TPSA) is 31.0 Å². The molecular weight excluding hydrogens is 452 g/mol. The van der Waals surface area contributed by atoms with Gasteiger partial charge in [0, 0.05) is 12.8 Å². The zero-order valence-corrected chi connectivity index (χ0v) is 24.6. The maximum absolute atomic E-state index is 7.55. The molecule has 0 bridgehead atoms. The lowest BCUT2D eigenvalue weighted by molar-refractivity contribution is 0.0379. The Kier molecular flexibility index (Phi) is 6.61. The molecule has 1 aliphatic heterocycles. The minimum absolute atomic E-state index is 0.00678. The average Bonchev–Trinajstić information content (AvgIpc) is 3.42. The van der Waals surface area contributed by atoms with E-state index in [0.29, 0.717) is 0 Å². The van der Waals surface area contributed by atoms with Crippen LogP contribution in [0.15, 0.2) is 60.7 Å². The lowest BCUT2D eigenvalue weighted by Crippen LogP contribution is -2.69. The summed E-state index contributed by atoms with van der Waals surface area (Å²) in [6.07, 6.45) is 2.28. The van der Waals surface area contributed by atoms with Crippen molar-refractivity contribution in [3.63, 3.8) is 0 Å². The van der Waals surface area contributed by atoms with Crippen LogP contribution in [0.4, 0.5) is 0 Å². The van der Waals surface area contributed by atoms with Gasteiger partial charge in [-0.15, -0.1) is 0 Å². The number of benzene rings is 2. The number of hydrogen-bond donors (Lipinski definition) is 0. The number of epoxide rings is 1. The molecule has 2 aromatic carbocycles. The van der Waals surface area contributed by atoms with Gasteiger partial charge in [-0.2, -0.15) is 0 Å². The highest BCUT2D eigenvalue weighted by atomic mass is 28.4. The molecule has 0 radical (unpaired) electrons. The number of fused-ring (bicyclic) bond motifs is 1. The smallest absolute Gasteiger partial charge is 0.261 e. The van der Waals surface area contributed by atoms with E-state index in [-0.39, 0.29) is 34.0 Å². The van der Waals surface area contributed by atoms with Crippen LogP contribution >= 0.6 is 0 Å². The van der Waals surface area contributed by atoms with E-state index in [9.17, 15) is 0 Å². The summed E-state index contributed by atoms with van der Waals surface area (Å²) in [5, 5.41) is 2.78. The van der Waals surface area contributed by atoms with E-state index in [1.165, 1.54) is 10.4 Å². The predicted octanol–water partition coefficient (Wildman–Crippen LogP) is 6.27. The van der Waals surface area contributed by atoms with E-state index in [1.54, 1.807) is 0 Å². The van der Waals surface area contributed by atoms with E-state index < -0.39 is 16.6 Å². The monoisotopic (exact) mass is 496 g/mol. The van der Waals surface area contributed by atoms with Crippen LogP contribution in [0, 0.1) is 0 Å². The Morgan fingerprint density at radius 2 is 1.26 bits per heavy atom. The van der Waals surface area contributed by atoms with E-state index in [1.807, 2.05) is 0 Å². The van der Waals surface area contributed by atoms with Gasteiger partial charge >= 0.3 is 0 Å². The third kappa shape index (κ3) is 4.50. The summed E-state index contributed by atoms with van der Waals surface area (Å²) in [5.74, 6) is 0. The van der Waals surface area contributed by atoms with Crippen LogP contribution in [0.5, 0.6) is 0 Å². The molecule has 1 saturated carbocycles. The molecule has 2 aromatic rings.